The van der Waals surface area contributed by atoms with Crippen molar-refractivity contribution in [3.8, 4) is 11.1 Å². The molecule has 2 heterocycles. The lowest BCUT2D eigenvalue weighted by atomic mass is 10.0. The topological polar surface area (TPSA) is 37.8 Å². The van der Waals surface area contributed by atoms with E-state index in [0.717, 1.165) is 34.0 Å². The van der Waals surface area contributed by atoms with Gasteiger partial charge in [0.25, 0.3) is 0 Å². The second-order valence-corrected chi connectivity index (χ2v) is 6.41. The van der Waals surface area contributed by atoms with Crippen LogP contribution in [0.3, 0.4) is 0 Å². The fourth-order valence-corrected chi connectivity index (χ4v) is 2.91. The van der Waals surface area contributed by atoms with E-state index < -0.39 is 5.82 Å². The second-order valence-electron chi connectivity index (χ2n) is 6.05. The van der Waals surface area contributed by atoms with Crippen molar-refractivity contribution < 1.29 is 4.39 Å². The molecule has 24 heavy (non-hydrogen) atoms. The highest BCUT2D eigenvalue weighted by molar-refractivity contribution is 6.32. The molecule has 1 aliphatic rings. The molecule has 0 bridgehead atoms. The third-order valence-electron chi connectivity index (χ3n) is 4.20. The Bertz CT molecular complexity index is 950. The zero-order valence-electron chi connectivity index (χ0n) is 12.9. The van der Waals surface area contributed by atoms with E-state index in [1.54, 1.807) is 6.20 Å². The molecule has 2 aromatic heterocycles. The van der Waals surface area contributed by atoms with Crippen LogP contribution in [0.4, 0.5) is 10.2 Å². The first-order valence-electron chi connectivity index (χ1n) is 7.77. The number of fused-ring (bicyclic) bond motifs is 1. The lowest BCUT2D eigenvalue weighted by Gasteiger charge is -2.10. The zero-order valence-corrected chi connectivity index (χ0v) is 13.6. The first kappa shape index (κ1) is 15.1. The third-order valence-corrected chi connectivity index (χ3v) is 4.50. The summed E-state index contributed by atoms with van der Waals surface area (Å²) in [5.41, 5.74) is 2.41. The van der Waals surface area contributed by atoms with Crippen LogP contribution in [0.5, 0.6) is 0 Å². The second kappa shape index (κ2) is 5.87. The number of pyridine rings is 2. The van der Waals surface area contributed by atoms with Crippen LogP contribution in [0.25, 0.3) is 21.9 Å². The number of allylic oxidation sites excluding steroid dienone is 1. The molecule has 4 rings (SSSR count). The van der Waals surface area contributed by atoms with E-state index in [-0.39, 0.29) is 5.15 Å². The van der Waals surface area contributed by atoms with Crippen molar-refractivity contribution in [1.29, 1.82) is 0 Å². The first-order valence-corrected chi connectivity index (χ1v) is 8.15. The van der Waals surface area contributed by atoms with Crippen molar-refractivity contribution in [1.82, 2.24) is 9.97 Å². The Kier molecular flexibility index (Phi) is 3.69. The van der Waals surface area contributed by atoms with E-state index in [2.05, 4.69) is 21.9 Å². The largest absolute Gasteiger partial charge is 0.344 e. The van der Waals surface area contributed by atoms with Crippen LogP contribution in [-0.4, -0.2) is 9.97 Å². The van der Waals surface area contributed by atoms with E-state index in [4.69, 9.17) is 11.6 Å². The Hall–Kier alpha value is -2.46. The molecule has 1 N–H and O–H groups in total. The SMILES string of the molecule is C=C(Nc1cc2ccc(-c3cc(F)cnc3Cl)cc2cn1)C1CC1. The summed E-state index contributed by atoms with van der Waals surface area (Å²) in [4.78, 5) is 8.30. The molecule has 0 atom stereocenters. The van der Waals surface area contributed by atoms with Crippen molar-refractivity contribution >= 4 is 28.2 Å². The smallest absolute Gasteiger partial charge is 0.142 e. The summed E-state index contributed by atoms with van der Waals surface area (Å²) in [6, 6.07) is 9.19. The molecule has 5 heteroatoms. The van der Waals surface area contributed by atoms with Crippen LogP contribution in [0.1, 0.15) is 12.8 Å². The standard InChI is InChI=1S/C19H15ClFN3/c1-11(12-2-3-12)24-18-7-13-4-5-14(6-15(13)9-22-18)17-8-16(21)10-23-19(17)20/h4-10,12H,1-3H2,(H,22,24). The summed E-state index contributed by atoms with van der Waals surface area (Å²) in [6.07, 6.45) is 5.30. The molecule has 1 aromatic carbocycles. The third kappa shape index (κ3) is 2.97. The van der Waals surface area contributed by atoms with Crippen LogP contribution in [-0.2, 0) is 0 Å². The summed E-state index contributed by atoms with van der Waals surface area (Å²) in [7, 11) is 0. The maximum atomic E-state index is 13.4. The van der Waals surface area contributed by atoms with Gasteiger partial charge in [0.05, 0.1) is 6.20 Å². The summed E-state index contributed by atoms with van der Waals surface area (Å²) in [5.74, 6) is 0.954. The van der Waals surface area contributed by atoms with Crippen molar-refractivity contribution in [2.45, 2.75) is 12.8 Å². The molecular weight excluding hydrogens is 325 g/mol. The van der Waals surface area contributed by atoms with E-state index in [1.165, 1.54) is 18.9 Å². The molecule has 0 unspecified atom stereocenters. The van der Waals surface area contributed by atoms with Gasteiger partial charge in [-0.25, -0.2) is 14.4 Å². The van der Waals surface area contributed by atoms with Gasteiger partial charge < -0.3 is 5.32 Å². The number of rotatable bonds is 4. The highest BCUT2D eigenvalue weighted by Gasteiger charge is 2.24. The van der Waals surface area contributed by atoms with Gasteiger partial charge in [0.2, 0.25) is 0 Å². The fourth-order valence-electron chi connectivity index (χ4n) is 2.70. The van der Waals surface area contributed by atoms with Gasteiger partial charge in [-0.1, -0.05) is 30.3 Å². The molecule has 120 valence electrons. The molecule has 0 amide bonds. The van der Waals surface area contributed by atoms with Gasteiger partial charge in [0.15, 0.2) is 0 Å². The van der Waals surface area contributed by atoms with Crippen molar-refractivity contribution in [3.63, 3.8) is 0 Å². The molecule has 0 spiro atoms. The average molecular weight is 340 g/mol. The first-order chi connectivity index (χ1) is 11.6. The number of hydrogen-bond acceptors (Lipinski definition) is 3. The number of nitrogens with one attached hydrogen (secondary N) is 1. The van der Waals surface area contributed by atoms with Crippen LogP contribution in [0.15, 0.2) is 55.0 Å². The number of halogens is 2. The van der Waals surface area contributed by atoms with Gasteiger partial charge in [0, 0.05) is 22.8 Å². The van der Waals surface area contributed by atoms with E-state index in [0.29, 0.717) is 11.5 Å². The number of hydrogen-bond donors (Lipinski definition) is 1. The van der Waals surface area contributed by atoms with Gasteiger partial charge in [-0.3, -0.25) is 0 Å². The van der Waals surface area contributed by atoms with Gasteiger partial charge in [0.1, 0.15) is 16.8 Å². The molecule has 3 aromatic rings. The van der Waals surface area contributed by atoms with Gasteiger partial charge in [-0.2, -0.15) is 0 Å². The summed E-state index contributed by atoms with van der Waals surface area (Å²) in [6.45, 7) is 4.06. The van der Waals surface area contributed by atoms with Crippen LogP contribution >= 0.6 is 11.6 Å². The van der Waals surface area contributed by atoms with Crippen molar-refractivity contribution in [2.24, 2.45) is 5.92 Å². The van der Waals surface area contributed by atoms with Crippen molar-refractivity contribution in [2.75, 3.05) is 5.32 Å². The predicted molar refractivity (Wildman–Crippen MR) is 95.4 cm³/mol. The maximum Gasteiger partial charge on any atom is 0.142 e. The Morgan fingerprint density at radius 3 is 2.75 bits per heavy atom. The van der Waals surface area contributed by atoms with E-state index >= 15 is 0 Å². The van der Waals surface area contributed by atoms with Gasteiger partial charge in [-0.15, -0.1) is 0 Å². The normalized spacial score (nSPS) is 13.9. The van der Waals surface area contributed by atoms with Gasteiger partial charge >= 0.3 is 0 Å². The minimum atomic E-state index is -0.411. The highest BCUT2D eigenvalue weighted by atomic mass is 35.5. The Morgan fingerprint density at radius 1 is 1.12 bits per heavy atom. The Balaban J connectivity index is 1.68. The molecule has 1 saturated carbocycles. The lowest BCUT2D eigenvalue weighted by Crippen LogP contribution is -2.01. The van der Waals surface area contributed by atoms with Crippen molar-refractivity contribution in [3.05, 3.63) is 66.0 Å². The van der Waals surface area contributed by atoms with Crippen LogP contribution in [0.2, 0.25) is 5.15 Å². The molecule has 0 saturated heterocycles. The minimum Gasteiger partial charge on any atom is -0.344 e. The van der Waals surface area contributed by atoms with Crippen LogP contribution < -0.4 is 5.32 Å². The average Bonchev–Trinajstić information content (AvgIpc) is 3.42. The number of benzene rings is 1. The summed E-state index contributed by atoms with van der Waals surface area (Å²) < 4.78 is 13.4. The van der Waals surface area contributed by atoms with Crippen LogP contribution in [0, 0.1) is 11.7 Å². The number of aromatic nitrogens is 2. The Labute approximate surface area is 144 Å². The Morgan fingerprint density at radius 2 is 1.96 bits per heavy atom. The molecule has 3 nitrogen and oxygen atoms in total. The number of nitrogens with zero attached hydrogens (tertiary/aromatic N) is 2. The fraction of sp³-hybridized carbons (Fsp3) is 0.158. The predicted octanol–water partition coefficient (Wildman–Crippen LogP) is 5.42. The zero-order chi connectivity index (χ0) is 16.7. The summed E-state index contributed by atoms with van der Waals surface area (Å²) >= 11 is 6.09. The summed E-state index contributed by atoms with van der Waals surface area (Å²) in [5, 5.41) is 5.55. The minimum absolute atomic E-state index is 0.280. The molecule has 0 aliphatic heterocycles. The highest BCUT2D eigenvalue weighted by Crippen LogP contribution is 2.36. The quantitative estimate of drug-likeness (QED) is 0.644. The molecule has 1 aliphatic carbocycles. The van der Waals surface area contributed by atoms with E-state index in [9.17, 15) is 4.39 Å². The molecule has 0 radical (unpaired) electrons. The maximum absolute atomic E-state index is 13.4. The molecule has 1 fully saturated rings. The van der Waals surface area contributed by atoms with E-state index in [1.807, 2.05) is 24.3 Å². The van der Waals surface area contributed by atoms with Gasteiger partial charge in [-0.05, 0) is 47.9 Å². The number of anilines is 1. The lowest BCUT2D eigenvalue weighted by molar-refractivity contribution is 0.622. The molecular formula is C19H15ClFN3. The monoisotopic (exact) mass is 339 g/mol.